The fourth-order valence-corrected chi connectivity index (χ4v) is 2.20. The van der Waals surface area contributed by atoms with E-state index in [1.54, 1.807) is 7.11 Å². The van der Waals surface area contributed by atoms with Gasteiger partial charge < -0.3 is 15.2 Å². The minimum Gasteiger partial charge on any atom is -0.497 e. The fraction of sp³-hybridized carbons (Fsp3) is 0.412. The maximum Gasteiger partial charge on any atom is 0.119 e. The zero-order chi connectivity index (χ0) is 14.5. The molecule has 2 aromatic rings. The zero-order valence-electron chi connectivity index (χ0n) is 12.4. The molecule has 0 fully saturated rings. The van der Waals surface area contributed by atoms with Gasteiger partial charge in [-0.3, -0.25) is 0 Å². The molecular formula is C17H23NO2. The molecule has 2 unspecified atom stereocenters. The summed E-state index contributed by atoms with van der Waals surface area (Å²) < 4.78 is 5.24. The first-order valence-electron chi connectivity index (χ1n) is 7.06. The summed E-state index contributed by atoms with van der Waals surface area (Å²) in [5.41, 5.74) is 1.26. The van der Waals surface area contributed by atoms with E-state index in [0.29, 0.717) is 0 Å². The molecule has 0 saturated carbocycles. The van der Waals surface area contributed by atoms with Crippen molar-refractivity contribution < 1.29 is 9.84 Å². The van der Waals surface area contributed by atoms with E-state index in [9.17, 15) is 0 Å². The molecule has 0 spiro atoms. The second-order valence-corrected chi connectivity index (χ2v) is 5.39. The number of ether oxygens (including phenoxy) is 1. The van der Waals surface area contributed by atoms with E-state index < -0.39 is 0 Å². The lowest BCUT2D eigenvalue weighted by Crippen LogP contribution is -2.26. The molecule has 3 heteroatoms. The van der Waals surface area contributed by atoms with Gasteiger partial charge in [-0.05, 0) is 47.4 Å². The predicted octanol–water partition coefficient (Wildman–Crippen LogP) is 3.13. The highest BCUT2D eigenvalue weighted by Crippen LogP contribution is 2.24. The topological polar surface area (TPSA) is 41.5 Å². The van der Waals surface area contributed by atoms with Gasteiger partial charge in [0.25, 0.3) is 0 Å². The summed E-state index contributed by atoms with van der Waals surface area (Å²) in [5, 5.41) is 14.9. The summed E-state index contributed by atoms with van der Waals surface area (Å²) >= 11 is 0. The molecule has 0 aliphatic heterocycles. The van der Waals surface area contributed by atoms with Crippen molar-refractivity contribution in [2.75, 3.05) is 20.3 Å². The molecule has 0 aromatic heterocycles. The third kappa shape index (κ3) is 3.50. The number of hydrogen-bond donors (Lipinski definition) is 2. The highest BCUT2D eigenvalue weighted by Gasteiger charge is 2.08. The Labute approximate surface area is 120 Å². The molecule has 3 nitrogen and oxygen atoms in total. The number of aliphatic hydroxyl groups is 1. The molecule has 2 rings (SSSR count). The van der Waals surface area contributed by atoms with Crippen LogP contribution in [-0.2, 0) is 0 Å². The summed E-state index contributed by atoms with van der Waals surface area (Å²) in [5.74, 6) is 1.16. The van der Waals surface area contributed by atoms with Gasteiger partial charge in [0.05, 0.1) is 7.11 Å². The van der Waals surface area contributed by atoms with Crippen LogP contribution in [0, 0.1) is 5.92 Å². The second-order valence-electron chi connectivity index (χ2n) is 5.39. The maximum absolute atomic E-state index is 9.06. The van der Waals surface area contributed by atoms with Crippen LogP contribution in [0.5, 0.6) is 5.75 Å². The Morgan fingerprint density at radius 2 is 1.80 bits per heavy atom. The van der Waals surface area contributed by atoms with Gasteiger partial charge in [0.1, 0.15) is 5.75 Å². The van der Waals surface area contributed by atoms with Gasteiger partial charge in [0.2, 0.25) is 0 Å². The van der Waals surface area contributed by atoms with Crippen LogP contribution in [0.2, 0.25) is 0 Å². The predicted molar refractivity (Wildman–Crippen MR) is 83.2 cm³/mol. The SMILES string of the molecule is COc1ccc2cc(C(C)NCC(C)CO)ccc2c1. The number of aliphatic hydroxyl groups excluding tert-OH is 1. The zero-order valence-corrected chi connectivity index (χ0v) is 12.4. The number of rotatable bonds is 6. The van der Waals surface area contributed by atoms with Crippen LogP contribution in [-0.4, -0.2) is 25.4 Å². The largest absolute Gasteiger partial charge is 0.497 e. The molecule has 0 saturated heterocycles. The van der Waals surface area contributed by atoms with E-state index >= 15 is 0 Å². The van der Waals surface area contributed by atoms with Crippen molar-refractivity contribution >= 4 is 10.8 Å². The van der Waals surface area contributed by atoms with E-state index in [0.717, 1.165) is 12.3 Å². The Hall–Kier alpha value is -1.58. The number of hydrogen-bond acceptors (Lipinski definition) is 3. The summed E-state index contributed by atoms with van der Waals surface area (Å²) in [7, 11) is 1.68. The standard InChI is InChI=1S/C17H23NO2/c1-12(11-19)10-18-13(2)14-4-5-16-9-17(20-3)7-6-15(16)8-14/h4-9,12-13,18-19H,10-11H2,1-3H3. The Bertz CT molecular complexity index is 568. The van der Waals surface area contributed by atoms with Gasteiger partial charge in [0, 0.05) is 19.2 Å². The lowest BCUT2D eigenvalue weighted by molar-refractivity contribution is 0.231. The van der Waals surface area contributed by atoms with Crippen LogP contribution >= 0.6 is 0 Å². The molecule has 0 aliphatic rings. The number of fused-ring (bicyclic) bond motifs is 1. The fourth-order valence-electron chi connectivity index (χ4n) is 2.20. The molecule has 2 N–H and O–H groups in total. The highest BCUT2D eigenvalue weighted by atomic mass is 16.5. The van der Waals surface area contributed by atoms with E-state index in [-0.39, 0.29) is 18.6 Å². The average molecular weight is 273 g/mol. The number of methoxy groups -OCH3 is 1. The van der Waals surface area contributed by atoms with Crippen LogP contribution in [0.3, 0.4) is 0 Å². The summed E-state index contributed by atoms with van der Waals surface area (Å²) in [6, 6.07) is 12.9. The van der Waals surface area contributed by atoms with Gasteiger partial charge >= 0.3 is 0 Å². The smallest absolute Gasteiger partial charge is 0.119 e. The van der Waals surface area contributed by atoms with Crippen LogP contribution in [0.1, 0.15) is 25.5 Å². The van der Waals surface area contributed by atoms with Crippen LogP contribution in [0.25, 0.3) is 10.8 Å². The first-order chi connectivity index (χ1) is 9.63. The Morgan fingerprint density at radius 3 is 2.50 bits per heavy atom. The van der Waals surface area contributed by atoms with Gasteiger partial charge in [-0.2, -0.15) is 0 Å². The van der Waals surface area contributed by atoms with Crippen molar-refractivity contribution in [3.63, 3.8) is 0 Å². The third-order valence-electron chi connectivity index (χ3n) is 3.66. The van der Waals surface area contributed by atoms with Gasteiger partial charge in [-0.25, -0.2) is 0 Å². The molecule has 0 aliphatic carbocycles. The minimum absolute atomic E-state index is 0.219. The maximum atomic E-state index is 9.06. The molecule has 0 bridgehead atoms. The molecule has 2 aromatic carbocycles. The van der Waals surface area contributed by atoms with Crippen molar-refractivity contribution in [1.29, 1.82) is 0 Å². The highest BCUT2D eigenvalue weighted by molar-refractivity contribution is 5.84. The Balaban J connectivity index is 2.14. The van der Waals surface area contributed by atoms with Crippen molar-refractivity contribution in [1.82, 2.24) is 5.32 Å². The summed E-state index contributed by atoms with van der Waals surface area (Å²) in [6.07, 6.45) is 0. The van der Waals surface area contributed by atoms with Crippen molar-refractivity contribution in [3.05, 3.63) is 42.0 Å². The van der Waals surface area contributed by atoms with E-state index in [4.69, 9.17) is 9.84 Å². The van der Waals surface area contributed by atoms with Crippen LogP contribution < -0.4 is 10.1 Å². The van der Waals surface area contributed by atoms with E-state index in [2.05, 4.69) is 36.5 Å². The average Bonchev–Trinajstić information content (AvgIpc) is 2.50. The van der Waals surface area contributed by atoms with Crippen molar-refractivity contribution in [2.45, 2.75) is 19.9 Å². The van der Waals surface area contributed by atoms with E-state index in [1.807, 2.05) is 19.1 Å². The molecule has 108 valence electrons. The monoisotopic (exact) mass is 273 g/mol. The lowest BCUT2D eigenvalue weighted by atomic mass is 10.0. The Morgan fingerprint density at radius 1 is 1.10 bits per heavy atom. The Kier molecular flexibility index (Phi) is 4.99. The second kappa shape index (κ2) is 6.73. The normalized spacial score (nSPS) is 14.2. The molecule has 0 radical (unpaired) electrons. The minimum atomic E-state index is 0.219. The molecule has 0 heterocycles. The number of benzene rings is 2. The molecule has 2 atom stereocenters. The summed E-state index contributed by atoms with van der Waals surface area (Å²) in [6.45, 7) is 5.22. The lowest BCUT2D eigenvalue weighted by Gasteiger charge is -2.17. The van der Waals surface area contributed by atoms with E-state index in [1.165, 1.54) is 16.3 Å². The first-order valence-corrected chi connectivity index (χ1v) is 7.06. The van der Waals surface area contributed by atoms with Crippen LogP contribution in [0.15, 0.2) is 36.4 Å². The van der Waals surface area contributed by atoms with Gasteiger partial charge in [-0.15, -0.1) is 0 Å². The quantitative estimate of drug-likeness (QED) is 0.849. The number of nitrogens with one attached hydrogen (secondary N) is 1. The van der Waals surface area contributed by atoms with Gasteiger partial charge in [-0.1, -0.05) is 25.1 Å². The van der Waals surface area contributed by atoms with Crippen molar-refractivity contribution in [3.8, 4) is 5.75 Å². The molecular weight excluding hydrogens is 250 g/mol. The summed E-state index contributed by atoms with van der Waals surface area (Å²) in [4.78, 5) is 0. The van der Waals surface area contributed by atoms with Crippen LogP contribution in [0.4, 0.5) is 0 Å². The van der Waals surface area contributed by atoms with Gasteiger partial charge in [0.15, 0.2) is 0 Å². The first kappa shape index (κ1) is 14.8. The third-order valence-corrected chi connectivity index (χ3v) is 3.66. The van der Waals surface area contributed by atoms with Crippen molar-refractivity contribution in [2.24, 2.45) is 5.92 Å². The molecule has 0 amide bonds. The molecule has 20 heavy (non-hydrogen) atoms.